The van der Waals surface area contributed by atoms with Crippen molar-refractivity contribution in [3.63, 3.8) is 0 Å². The molecule has 29 heavy (non-hydrogen) atoms. The number of fused-ring (bicyclic) bond motifs is 1. The van der Waals surface area contributed by atoms with Crippen molar-refractivity contribution in [2.45, 2.75) is 6.92 Å². The quantitative estimate of drug-likeness (QED) is 0.460. The number of rotatable bonds is 8. The summed E-state index contributed by atoms with van der Waals surface area (Å²) in [5, 5.41) is 4.76. The fourth-order valence-electron chi connectivity index (χ4n) is 2.76. The second-order valence-electron chi connectivity index (χ2n) is 5.89. The maximum absolute atomic E-state index is 12.4. The molecule has 2 aromatic carbocycles. The first-order valence-corrected chi connectivity index (χ1v) is 8.89. The van der Waals surface area contributed by atoms with Gasteiger partial charge in [0.05, 0.1) is 34.2 Å². The molecule has 0 aliphatic carbocycles. The molecule has 152 valence electrons. The molecule has 0 radical (unpaired) electrons. The van der Waals surface area contributed by atoms with E-state index >= 15 is 0 Å². The predicted molar refractivity (Wildman–Crippen MR) is 109 cm³/mol. The van der Waals surface area contributed by atoms with Gasteiger partial charge in [-0.15, -0.1) is 0 Å². The highest BCUT2D eigenvalue weighted by molar-refractivity contribution is 5.97. The number of carbonyl (C=O) groups is 1. The minimum atomic E-state index is -0.477. The van der Waals surface area contributed by atoms with Crippen molar-refractivity contribution < 1.29 is 28.2 Å². The number of nitrogens with one attached hydrogen (secondary N) is 1. The SMILES string of the molecule is CCOc1ccc2oc(C(=O)N/N=C/c3cc(OC)c(OC)cc3OC)cc2c1. The number of furan rings is 1. The molecule has 0 bridgehead atoms. The van der Waals surface area contributed by atoms with Gasteiger partial charge in [-0.2, -0.15) is 5.10 Å². The van der Waals surface area contributed by atoms with Crippen LogP contribution in [0.25, 0.3) is 11.0 Å². The van der Waals surface area contributed by atoms with Crippen molar-refractivity contribution in [3.8, 4) is 23.0 Å². The smallest absolute Gasteiger partial charge is 0.307 e. The van der Waals surface area contributed by atoms with Gasteiger partial charge in [0.1, 0.15) is 17.1 Å². The summed E-state index contributed by atoms with van der Waals surface area (Å²) in [6.07, 6.45) is 1.45. The maximum Gasteiger partial charge on any atom is 0.307 e. The molecule has 1 N–H and O–H groups in total. The van der Waals surface area contributed by atoms with E-state index < -0.39 is 5.91 Å². The minimum Gasteiger partial charge on any atom is -0.496 e. The highest BCUT2D eigenvalue weighted by Gasteiger charge is 2.13. The van der Waals surface area contributed by atoms with Crippen molar-refractivity contribution >= 4 is 23.1 Å². The molecule has 0 saturated carbocycles. The van der Waals surface area contributed by atoms with Crippen LogP contribution >= 0.6 is 0 Å². The molecule has 0 unspecified atom stereocenters. The van der Waals surface area contributed by atoms with Crippen molar-refractivity contribution in [2.75, 3.05) is 27.9 Å². The molecule has 8 nitrogen and oxygen atoms in total. The second kappa shape index (κ2) is 9.01. The zero-order valence-electron chi connectivity index (χ0n) is 16.6. The van der Waals surface area contributed by atoms with Crippen LogP contribution in [0, 0.1) is 0 Å². The zero-order chi connectivity index (χ0) is 20.8. The molecular weight excluding hydrogens is 376 g/mol. The first-order chi connectivity index (χ1) is 14.1. The van der Waals surface area contributed by atoms with Gasteiger partial charge in [0, 0.05) is 17.0 Å². The third kappa shape index (κ3) is 4.43. The van der Waals surface area contributed by atoms with E-state index in [1.807, 2.05) is 13.0 Å². The Hall–Kier alpha value is -3.68. The monoisotopic (exact) mass is 398 g/mol. The molecule has 3 aromatic rings. The first kappa shape index (κ1) is 20.1. The summed E-state index contributed by atoms with van der Waals surface area (Å²) >= 11 is 0. The number of nitrogens with zero attached hydrogens (tertiary/aromatic N) is 1. The molecule has 0 fully saturated rings. The fourth-order valence-corrected chi connectivity index (χ4v) is 2.76. The van der Waals surface area contributed by atoms with Gasteiger partial charge in [0.2, 0.25) is 0 Å². The summed E-state index contributed by atoms with van der Waals surface area (Å²) in [6, 6.07) is 10.4. The summed E-state index contributed by atoms with van der Waals surface area (Å²) < 4.78 is 26.9. The average molecular weight is 398 g/mol. The van der Waals surface area contributed by atoms with E-state index in [0.29, 0.717) is 40.8 Å². The van der Waals surface area contributed by atoms with Crippen molar-refractivity contribution in [2.24, 2.45) is 5.10 Å². The Bertz CT molecular complexity index is 1040. The first-order valence-electron chi connectivity index (χ1n) is 8.89. The molecule has 1 amide bonds. The third-order valence-electron chi connectivity index (χ3n) is 4.13. The number of hydrogen-bond donors (Lipinski definition) is 1. The van der Waals surface area contributed by atoms with E-state index in [-0.39, 0.29) is 5.76 Å². The topological polar surface area (TPSA) is 91.5 Å². The lowest BCUT2D eigenvalue weighted by Crippen LogP contribution is -2.16. The normalized spacial score (nSPS) is 10.9. The van der Waals surface area contributed by atoms with E-state index in [2.05, 4.69) is 10.5 Å². The maximum atomic E-state index is 12.4. The van der Waals surface area contributed by atoms with E-state index in [1.54, 1.807) is 30.3 Å². The van der Waals surface area contributed by atoms with Crippen LogP contribution in [-0.4, -0.2) is 40.1 Å². The standard InChI is InChI=1S/C21H22N2O6/c1-5-28-15-6-7-16-13(8-15)9-20(29-16)21(24)23-22-12-14-10-18(26-3)19(27-4)11-17(14)25-2/h6-12H,5H2,1-4H3,(H,23,24)/b22-12+. The summed E-state index contributed by atoms with van der Waals surface area (Å²) in [4.78, 5) is 12.4. The molecule has 8 heteroatoms. The van der Waals surface area contributed by atoms with Gasteiger partial charge >= 0.3 is 5.91 Å². The Balaban J connectivity index is 1.76. The lowest BCUT2D eigenvalue weighted by atomic mass is 10.2. The van der Waals surface area contributed by atoms with Crippen LogP contribution in [0.1, 0.15) is 23.0 Å². The summed E-state index contributed by atoms with van der Waals surface area (Å²) in [5.74, 6) is 1.95. The van der Waals surface area contributed by atoms with Crippen LogP contribution in [0.3, 0.4) is 0 Å². The third-order valence-corrected chi connectivity index (χ3v) is 4.13. The van der Waals surface area contributed by atoms with Gasteiger partial charge in [0.25, 0.3) is 0 Å². The van der Waals surface area contributed by atoms with Crippen molar-refractivity contribution in [1.82, 2.24) is 5.43 Å². The molecule has 0 aliphatic rings. The van der Waals surface area contributed by atoms with Crippen LogP contribution in [0.15, 0.2) is 45.9 Å². The van der Waals surface area contributed by atoms with Gasteiger partial charge in [-0.3, -0.25) is 4.79 Å². The molecular formula is C21H22N2O6. The van der Waals surface area contributed by atoms with Crippen molar-refractivity contribution in [1.29, 1.82) is 0 Å². The molecule has 1 aromatic heterocycles. The molecule has 0 spiro atoms. The molecule has 0 aliphatic heterocycles. The highest BCUT2D eigenvalue weighted by Crippen LogP contribution is 2.33. The molecule has 0 saturated heterocycles. The lowest BCUT2D eigenvalue weighted by Gasteiger charge is -2.11. The molecule has 3 rings (SSSR count). The number of hydrogen-bond acceptors (Lipinski definition) is 7. The number of methoxy groups -OCH3 is 3. The molecule has 1 heterocycles. The van der Waals surface area contributed by atoms with Gasteiger partial charge in [-0.25, -0.2) is 5.43 Å². The zero-order valence-corrected chi connectivity index (χ0v) is 16.6. The number of ether oxygens (including phenoxy) is 4. The minimum absolute atomic E-state index is 0.144. The van der Waals surface area contributed by atoms with Crippen LogP contribution in [-0.2, 0) is 0 Å². The van der Waals surface area contributed by atoms with E-state index in [9.17, 15) is 4.79 Å². The van der Waals surface area contributed by atoms with E-state index in [1.165, 1.54) is 27.5 Å². The van der Waals surface area contributed by atoms with Crippen LogP contribution in [0.4, 0.5) is 0 Å². The van der Waals surface area contributed by atoms with Crippen LogP contribution in [0.5, 0.6) is 23.0 Å². The van der Waals surface area contributed by atoms with Gasteiger partial charge in [-0.1, -0.05) is 0 Å². The largest absolute Gasteiger partial charge is 0.496 e. The summed E-state index contributed by atoms with van der Waals surface area (Å²) in [7, 11) is 4.60. The van der Waals surface area contributed by atoms with Gasteiger partial charge in [-0.05, 0) is 37.3 Å². The molecule has 0 atom stereocenters. The van der Waals surface area contributed by atoms with Crippen LogP contribution in [0.2, 0.25) is 0 Å². The number of hydrazone groups is 1. The Morgan fingerprint density at radius 2 is 1.76 bits per heavy atom. The average Bonchev–Trinajstić information content (AvgIpc) is 3.17. The van der Waals surface area contributed by atoms with E-state index in [4.69, 9.17) is 23.4 Å². The highest BCUT2D eigenvalue weighted by atomic mass is 16.5. The Labute approximate surface area is 168 Å². The Kier molecular flexibility index (Phi) is 6.23. The van der Waals surface area contributed by atoms with E-state index in [0.717, 1.165) is 5.39 Å². The summed E-state index contributed by atoms with van der Waals surface area (Å²) in [5.41, 5.74) is 3.64. The van der Waals surface area contributed by atoms with Crippen LogP contribution < -0.4 is 24.4 Å². The Morgan fingerprint density at radius 1 is 1.03 bits per heavy atom. The number of carbonyl (C=O) groups excluding carboxylic acids is 1. The number of benzene rings is 2. The van der Waals surface area contributed by atoms with Gasteiger partial charge < -0.3 is 23.4 Å². The fraction of sp³-hybridized carbons (Fsp3) is 0.238. The number of amides is 1. The lowest BCUT2D eigenvalue weighted by molar-refractivity contribution is 0.0929. The predicted octanol–water partition coefficient (Wildman–Crippen LogP) is 3.62. The van der Waals surface area contributed by atoms with Crippen molar-refractivity contribution in [3.05, 3.63) is 47.7 Å². The van der Waals surface area contributed by atoms with Gasteiger partial charge in [0.15, 0.2) is 17.3 Å². The summed E-state index contributed by atoms with van der Waals surface area (Å²) in [6.45, 7) is 2.47. The second-order valence-corrected chi connectivity index (χ2v) is 5.89. The Morgan fingerprint density at radius 3 is 2.45 bits per heavy atom.